The van der Waals surface area contributed by atoms with Gasteiger partial charge in [-0.25, -0.2) is 0 Å². The quantitative estimate of drug-likeness (QED) is 0.475. The second-order valence-corrected chi connectivity index (χ2v) is 4.90. The van der Waals surface area contributed by atoms with E-state index < -0.39 is 0 Å². The summed E-state index contributed by atoms with van der Waals surface area (Å²) in [6.45, 7) is 3.81. The number of alkyl halides is 1. The van der Waals surface area contributed by atoms with Gasteiger partial charge < -0.3 is 14.2 Å². The number of halogens is 1. The van der Waals surface area contributed by atoms with Crippen LogP contribution in [0.4, 0.5) is 0 Å². The van der Waals surface area contributed by atoms with Crippen molar-refractivity contribution in [3.05, 3.63) is 17.7 Å². The van der Waals surface area contributed by atoms with Gasteiger partial charge in [-0.15, -0.1) is 0 Å². The Morgan fingerprint density at radius 1 is 1.28 bits per heavy atom. The monoisotopic (exact) mass is 316 g/mol. The first-order valence-corrected chi connectivity index (χ1v) is 6.53. The van der Waals surface area contributed by atoms with Crippen LogP contribution in [0.5, 0.6) is 17.2 Å². The second kappa shape index (κ2) is 6.64. The lowest BCUT2D eigenvalue weighted by Crippen LogP contribution is -2.20. The van der Waals surface area contributed by atoms with Crippen LogP contribution >= 0.6 is 15.9 Å². The molecule has 0 aliphatic carbocycles. The Kier molecular flexibility index (Phi) is 5.47. The summed E-state index contributed by atoms with van der Waals surface area (Å²) < 4.78 is 15.8. The van der Waals surface area contributed by atoms with E-state index in [1.807, 2.05) is 13.8 Å². The predicted octanol–water partition coefficient (Wildman–Crippen LogP) is 3.09. The van der Waals surface area contributed by atoms with Crippen LogP contribution < -0.4 is 14.2 Å². The van der Waals surface area contributed by atoms with Gasteiger partial charge in [0.05, 0.1) is 14.2 Å². The Balaban J connectivity index is 3.09. The summed E-state index contributed by atoms with van der Waals surface area (Å²) in [6, 6.07) is 3.58. The molecule has 1 aromatic carbocycles. The molecule has 18 heavy (non-hydrogen) atoms. The van der Waals surface area contributed by atoms with E-state index in [1.54, 1.807) is 12.1 Å². The van der Waals surface area contributed by atoms with Crippen molar-refractivity contribution in [2.45, 2.75) is 25.1 Å². The highest BCUT2D eigenvalue weighted by Gasteiger charge is 2.20. The molecule has 0 aliphatic rings. The minimum atomic E-state index is -0.363. The number of hydrogen-bond donors (Lipinski definition) is 0. The zero-order valence-electron chi connectivity index (χ0n) is 11.0. The van der Waals surface area contributed by atoms with Crippen LogP contribution in [-0.2, 0) is 4.79 Å². The number of esters is 1. The Bertz CT molecular complexity index is 406. The zero-order valence-corrected chi connectivity index (χ0v) is 12.5. The van der Waals surface area contributed by atoms with Gasteiger partial charge in [-0.1, -0.05) is 22.9 Å². The van der Waals surface area contributed by atoms with E-state index >= 15 is 0 Å². The molecule has 0 saturated carbocycles. The van der Waals surface area contributed by atoms with Gasteiger partial charge in [0.1, 0.15) is 4.83 Å². The smallest absolute Gasteiger partial charge is 0.325 e. The first-order valence-electron chi connectivity index (χ1n) is 5.61. The molecule has 1 aromatic rings. The van der Waals surface area contributed by atoms with Crippen LogP contribution in [0.2, 0.25) is 0 Å². The number of carbonyl (C=O) groups is 1. The van der Waals surface area contributed by atoms with Gasteiger partial charge >= 0.3 is 5.97 Å². The highest BCUT2D eigenvalue weighted by atomic mass is 79.9. The van der Waals surface area contributed by atoms with Crippen LogP contribution in [0, 0.1) is 6.92 Å². The number of ether oxygens (including phenoxy) is 3. The molecule has 0 unspecified atom stereocenters. The Hall–Kier alpha value is -1.23. The summed E-state index contributed by atoms with van der Waals surface area (Å²) in [7, 11) is 3.05. The maximum Gasteiger partial charge on any atom is 0.325 e. The van der Waals surface area contributed by atoms with Crippen molar-refractivity contribution >= 4 is 21.9 Å². The molecular formula is C13H17BrO4. The fourth-order valence-corrected chi connectivity index (χ4v) is 1.54. The third kappa shape index (κ3) is 3.38. The summed E-state index contributed by atoms with van der Waals surface area (Å²) in [5, 5.41) is 0. The number of aryl methyl sites for hydroxylation is 1. The molecule has 5 heteroatoms. The van der Waals surface area contributed by atoms with Gasteiger partial charge in [-0.3, -0.25) is 4.79 Å². The molecular weight excluding hydrogens is 300 g/mol. The Morgan fingerprint density at radius 2 is 1.78 bits per heavy atom. The molecule has 0 amide bonds. The molecule has 0 heterocycles. The minimum Gasteiger partial charge on any atom is -0.493 e. The molecule has 0 spiro atoms. The van der Waals surface area contributed by atoms with Crippen molar-refractivity contribution in [3.8, 4) is 17.2 Å². The van der Waals surface area contributed by atoms with Crippen LogP contribution in [0.1, 0.15) is 18.9 Å². The number of methoxy groups -OCH3 is 2. The van der Waals surface area contributed by atoms with Gasteiger partial charge in [0.2, 0.25) is 5.75 Å². The van der Waals surface area contributed by atoms with E-state index in [1.165, 1.54) is 14.2 Å². The summed E-state index contributed by atoms with van der Waals surface area (Å²) >= 11 is 3.25. The van der Waals surface area contributed by atoms with Gasteiger partial charge in [0.25, 0.3) is 0 Å². The maximum absolute atomic E-state index is 11.8. The van der Waals surface area contributed by atoms with Gasteiger partial charge in [0, 0.05) is 0 Å². The fourth-order valence-electron chi connectivity index (χ4n) is 1.44. The SMILES string of the molecule is CC[C@H](Br)C(=O)Oc1c(OC)cc(C)cc1OC. The van der Waals surface area contributed by atoms with E-state index in [0.29, 0.717) is 23.7 Å². The Morgan fingerprint density at radius 3 is 2.17 bits per heavy atom. The van der Waals surface area contributed by atoms with E-state index in [9.17, 15) is 4.79 Å². The summed E-state index contributed by atoms with van der Waals surface area (Å²) in [6.07, 6.45) is 0.648. The molecule has 100 valence electrons. The summed E-state index contributed by atoms with van der Waals surface area (Å²) in [4.78, 5) is 11.4. The first kappa shape index (κ1) is 14.8. The lowest BCUT2D eigenvalue weighted by molar-refractivity contribution is -0.133. The number of benzene rings is 1. The van der Waals surface area contributed by atoms with Crippen molar-refractivity contribution in [2.24, 2.45) is 0 Å². The third-order valence-electron chi connectivity index (χ3n) is 2.42. The molecule has 0 bridgehead atoms. The van der Waals surface area contributed by atoms with Crippen LogP contribution in [0.3, 0.4) is 0 Å². The molecule has 4 nitrogen and oxygen atoms in total. The van der Waals surface area contributed by atoms with Crippen molar-refractivity contribution in [3.63, 3.8) is 0 Å². The minimum absolute atomic E-state index is 0.313. The third-order valence-corrected chi connectivity index (χ3v) is 3.44. The number of hydrogen-bond acceptors (Lipinski definition) is 4. The molecule has 1 atom stereocenters. The number of carbonyl (C=O) groups excluding carboxylic acids is 1. The molecule has 0 N–H and O–H groups in total. The van der Waals surface area contributed by atoms with Crippen LogP contribution in [0.25, 0.3) is 0 Å². The average molecular weight is 317 g/mol. The largest absolute Gasteiger partial charge is 0.493 e. The molecule has 0 aliphatic heterocycles. The lowest BCUT2D eigenvalue weighted by Gasteiger charge is -2.15. The fraction of sp³-hybridized carbons (Fsp3) is 0.462. The molecule has 0 radical (unpaired) electrons. The summed E-state index contributed by atoms with van der Waals surface area (Å²) in [5.41, 5.74) is 0.967. The van der Waals surface area contributed by atoms with Gasteiger partial charge in [-0.05, 0) is 31.0 Å². The highest BCUT2D eigenvalue weighted by Crippen LogP contribution is 2.38. The van der Waals surface area contributed by atoms with Crippen molar-refractivity contribution in [2.75, 3.05) is 14.2 Å². The predicted molar refractivity (Wildman–Crippen MR) is 72.9 cm³/mol. The van der Waals surface area contributed by atoms with E-state index in [2.05, 4.69) is 15.9 Å². The van der Waals surface area contributed by atoms with Crippen molar-refractivity contribution in [1.29, 1.82) is 0 Å². The zero-order chi connectivity index (χ0) is 13.7. The second-order valence-electron chi connectivity index (χ2n) is 3.80. The normalized spacial score (nSPS) is 11.8. The molecule has 0 saturated heterocycles. The highest BCUT2D eigenvalue weighted by molar-refractivity contribution is 9.10. The molecule has 0 aromatic heterocycles. The summed E-state index contributed by atoms with van der Waals surface area (Å²) in [5.74, 6) is 0.915. The maximum atomic E-state index is 11.8. The van der Waals surface area contributed by atoms with Crippen molar-refractivity contribution in [1.82, 2.24) is 0 Å². The lowest BCUT2D eigenvalue weighted by atomic mass is 10.2. The standard InChI is InChI=1S/C13H17BrO4/c1-5-9(14)13(15)18-12-10(16-3)6-8(2)7-11(12)17-4/h6-7,9H,5H2,1-4H3/t9-/m0/s1. The van der Waals surface area contributed by atoms with E-state index in [4.69, 9.17) is 14.2 Å². The average Bonchev–Trinajstić information content (AvgIpc) is 2.38. The van der Waals surface area contributed by atoms with Gasteiger partial charge in [0.15, 0.2) is 11.5 Å². The van der Waals surface area contributed by atoms with E-state index in [-0.39, 0.29) is 10.8 Å². The Labute approximate surface area is 115 Å². The topological polar surface area (TPSA) is 44.8 Å². The molecule has 0 fully saturated rings. The number of rotatable bonds is 5. The van der Waals surface area contributed by atoms with Gasteiger partial charge in [-0.2, -0.15) is 0 Å². The van der Waals surface area contributed by atoms with Crippen LogP contribution in [-0.4, -0.2) is 25.0 Å². The van der Waals surface area contributed by atoms with E-state index in [0.717, 1.165) is 5.56 Å². The first-order chi connectivity index (χ1) is 8.53. The molecule has 1 rings (SSSR count). The van der Waals surface area contributed by atoms with Crippen LogP contribution in [0.15, 0.2) is 12.1 Å². The van der Waals surface area contributed by atoms with Crippen molar-refractivity contribution < 1.29 is 19.0 Å².